The van der Waals surface area contributed by atoms with Crippen molar-refractivity contribution in [2.45, 2.75) is 18.8 Å². The van der Waals surface area contributed by atoms with E-state index < -0.39 is 30.3 Å². The Balaban J connectivity index is 1.34. The maximum absolute atomic E-state index is 14.2. The van der Waals surface area contributed by atoms with Gasteiger partial charge in [0, 0.05) is 24.3 Å². The number of rotatable bonds is 4. The minimum Gasteiger partial charge on any atom is -0.444 e. The van der Waals surface area contributed by atoms with Crippen LogP contribution in [0.2, 0.25) is 0 Å². The van der Waals surface area contributed by atoms with Gasteiger partial charge in [-0.2, -0.15) is 0 Å². The second-order valence-electron chi connectivity index (χ2n) is 7.67. The van der Waals surface area contributed by atoms with Gasteiger partial charge in [-0.15, -0.1) is 0 Å². The van der Waals surface area contributed by atoms with E-state index in [-0.39, 0.29) is 13.2 Å². The molecule has 0 radical (unpaired) electrons. The van der Waals surface area contributed by atoms with E-state index in [1.807, 2.05) is 0 Å². The van der Waals surface area contributed by atoms with Crippen LogP contribution < -0.4 is 15.1 Å². The van der Waals surface area contributed by atoms with Crippen LogP contribution in [0.3, 0.4) is 0 Å². The van der Waals surface area contributed by atoms with Gasteiger partial charge in [0.1, 0.15) is 6.10 Å². The van der Waals surface area contributed by atoms with Crippen LogP contribution in [0.1, 0.15) is 26.3 Å². The van der Waals surface area contributed by atoms with Gasteiger partial charge in [-0.1, -0.05) is 18.2 Å². The Morgan fingerprint density at radius 2 is 1.87 bits per heavy atom. The minimum atomic E-state index is -1.24. The molecule has 2 fully saturated rings. The summed E-state index contributed by atoms with van der Waals surface area (Å²) in [7, 11) is 0. The molecule has 2 aromatic rings. The van der Waals surface area contributed by atoms with Gasteiger partial charge in [0.25, 0.3) is 11.8 Å². The molecule has 0 bridgehead atoms. The Morgan fingerprint density at radius 3 is 2.71 bits per heavy atom. The van der Waals surface area contributed by atoms with Crippen LogP contribution >= 0.6 is 0 Å². The van der Waals surface area contributed by atoms with Crippen LogP contribution in [0.15, 0.2) is 42.5 Å². The Kier molecular flexibility index (Phi) is 4.82. The number of nitrogens with one attached hydrogen (secondary N) is 1. The number of nitrogens with zero attached hydrogens (tertiary/aromatic N) is 2. The van der Waals surface area contributed by atoms with Crippen LogP contribution in [0.5, 0.6) is 0 Å². The molecule has 0 aliphatic carbocycles. The van der Waals surface area contributed by atoms with Crippen LogP contribution in [0, 0.1) is 0 Å². The maximum Gasteiger partial charge on any atom is 0.414 e. The highest BCUT2D eigenvalue weighted by Crippen LogP contribution is 2.30. The molecule has 1 unspecified atom stereocenters. The number of fused-ring (bicyclic) bond motifs is 1. The van der Waals surface area contributed by atoms with E-state index in [0.29, 0.717) is 47.6 Å². The van der Waals surface area contributed by atoms with E-state index in [1.165, 1.54) is 4.90 Å². The average Bonchev–Trinajstić information content (AvgIpc) is 3.27. The highest BCUT2D eigenvalue weighted by atomic mass is 19.1. The Morgan fingerprint density at radius 1 is 1.06 bits per heavy atom. The number of cyclic esters (lactones) is 1. The predicted molar refractivity (Wildman–Crippen MR) is 109 cm³/mol. The smallest absolute Gasteiger partial charge is 0.414 e. The summed E-state index contributed by atoms with van der Waals surface area (Å²) in [6, 6.07) is 12.2. The third kappa shape index (κ3) is 3.50. The molecule has 8 nitrogen and oxygen atoms in total. The lowest BCUT2D eigenvalue weighted by Crippen LogP contribution is -2.42. The summed E-state index contributed by atoms with van der Waals surface area (Å²) in [6.07, 6.45) is -1.92. The second kappa shape index (κ2) is 7.66. The molecule has 3 aliphatic rings. The molecule has 3 heterocycles. The number of halogens is 1. The van der Waals surface area contributed by atoms with Crippen LogP contribution in [0.4, 0.5) is 20.6 Å². The molecule has 160 valence electrons. The first-order valence-electron chi connectivity index (χ1n) is 10.1. The summed E-state index contributed by atoms with van der Waals surface area (Å²) in [4.78, 5) is 39.7. The summed E-state index contributed by atoms with van der Waals surface area (Å²) in [5.74, 6) is -0.853. The van der Waals surface area contributed by atoms with Crippen molar-refractivity contribution in [3.63, 3.8) is 0 Å². The van der Waals surface area contributed by atoms with E-state index in [4.69, 9.17) is 9.47 Å². The lowest BCUT2D eigenvalue weighted by atomic mass is 9.98. The fourth-order valence-corrected chi connectivity index (χ4v) is 4.25. The van der Waals surface area contributed by atoms with Gasteiger partial charge in [-0.05, 0) is 29.8 Å². The topological polar surface area (TPSA) is 88.2 Å². The van der Waals surface area contributed by atoms with Crippen LogP contribution in [-0.4, -0.2) is 56.6 Å². The van der Waals surface area contributed by atoms with Crippen LogP contribution in [-0.2, 0) is 15.9 Å². The van der Waals surface area contributed by atoms with Gasteiger partial charge in [0.2, 0.25) is 0 Å². The van der Waals surface area contributed by atoms with Crippen molar-refractivity contribution in [3.05, 3.63) is 59.2 Å². The number of alkyl halides is 1. The van der Waals surface area contributed by atoms with E-state index >= 15 is 0 Å². The summed E-state index contributed by atoms with van der Waals surface area (Å²) in [5, 5.41) is 2.29. The van der Waals surface area contributed by atoms with Crippen molar-refractivity contribution >= 4 is 29.3 Å². The number of anilines is 2. The van der Waals surface area contributed by atoms with E-state index in [1.54, 1.807) is 47.4 Å². The lowest BCUT2D eigenvalue weighted by molar-refractivity contribution is 0.0497. The molecule has 2 aromatic carbocycles. The number of hydrogen-bond donors (Lipinski definition) is 1. The molecular formula is C22H20FN3O5. The van der Waals surface area contributed by atoms with E-state index in [0.717, 1.165) is 0 Å². The van der Waals surface area contributed by atoms with Crippen molar-refractivity contribution in [2.24, 2.45) is 0 Å². The van der Waals surface area contributed by atoms with Crippen molar-refractivity contribution in [1.29, 1.82) is 0 Å². The zero-order valence-corrected chi connectivity index (χ0v) is 16.5. The maximum atomic E-state index is 14.2. The first-order chi connectivity index (χ1) is 15.0. The lowest BCUT2D eigenvalue weighted by Gasteiger charge is -2.32. The van der Waals surface area contributed by atoms with Crippen molar-refractivity contribution in [2.75, 3.05) is 36.1 Å². The van der Waals surface area contributed by atoms with E-state index in [9.17, 15) is 18.8 Å². The van der Waals surface area contributed by atoms with Crippen LogP contribution in [0.25, 0.3) is 0 Å². The molecular weight excluding hydrogens is 405 g/mol. The SMILES string of the molecule is O=C1NC(=O)c2c(C[C@@H]3CN(c4cccc(N5CCOCC5F)c4)C(=O)O3)cccc21. The first-order valence-corrected chi connectivity index (χ1v) is 10.1. The molecule has 0 spiro atoms. The largest absolute Gasteiger partial charge is 0.444 e. The molecule has 0 saturated carbocycles. The number of ether oxygens (including phenoxy) is 2. The zero-order valence-electron chi connectivity index (χ0n) is 16.5. The van der Waals surface area contributed by atoms with Gasteiger partial charge in [0.05, 0.1) is 30.9 Å². The molecule has 9 heteroatoms. The highest BCUT2D eigenvalue weighted by molar-refractivity contribution is 6.22. The number of carbonyl (C=O) groups excluding carboxylic acids is 3. The molecule has 0 aromatic heterocycles. The summed E-state index contributed by atoms with van der Waals surface area (Å²) in [5.41, 5.74) is 2.60. The number of carbonyl (C=O) groups is 3. The van der Waals surface area contributed by atoms with Crippen molar-refractivity contribution < 1.29 is 28.2 Å². The molecule has 3 aliphatic heterocycles. The Labute approximate surface area is 177 Å². The molecule has 1 N–H and O–H groups in total. The van der Waals surface area contributed by atoms with Gasteiger partial charge in [-0.3, -0.25) is 19.8 Å². The number of amides is 3. The quantitative estimate of drug-likeness (QED) is 0.597. The number of benzene rings is 2. The summed E-state index contributed by atoms with van der Waals surface area (Å²) in [6.45, 7) is 1.16. The fourth-order valence-electron chi connectivity index (χ4n) is 4.25. The first kappa shape index (κ1) is 19.5. The predicted octanol–water partition coefficient (Wildman–Crippen LogP) is 2.27. The zero-order chi connectivity index (χ0) is 21.5. The molecule has 31 heavy (non-hydrogen) atoms. The normalized spacial score (nSPS) is 23.1. The van der Waals surface area contributed by atoms with Gasteiger partial charge in [0.15, 0.2) is 6.30 Å². The fraction of sp³-hybridized carbons (Fsp3) is 0.318. The summed E-state index contributed by atoms with van der Waals surface area (Å²) >= 11 is 0. The number of imide groups is 1. The van der Waals surface area contributed by atoms with E-state index in [2.05, 4.69) is 5.32 Å². The van der Waals surface area contributed by atoms with Gasteiger partial charge >= 0.3 is 6.09 Å². The highest BCUT2D eigenvalue weighted by Gasteiger charge is 2.36. The minimum absolute atomic E-state index is 0.00946. The third-order valence-corrected chi connectivity index (χ3v) is 5.71. The Hall–Kier alpha value is -3.46. The molecule has 2 atom stereocenters. The molecule has 3 amide bonds. The second-order valence-corrected chi connectivity index (χ2v) is 7.67. The molecule has 5 rings (SSSR count). The summed E-state index contributed by atoms with van der Waals surface area (Å²) < 4.78 is 24.9. The monoisotopic (exact) mass is 425 g/mol. The van der Waals surface area contributed by atoms with Gasteiger partial charge in [-0.25, -0.2) is 9.18 Å². The van der Waals surface area contributed by atoms with Crippen molar-refractivity contribution in [1.82, 2.24) is 5.32 Å². The molecule has 2 saturated heterocycles. The Bertz CT molecular complexity index is 1070. The van der Waals surface area contributed by atoms with Crippen molar-refractivity contribution in [3.8, 4) is 0 Å². The number of hydrogen-bond acceptors (Lipinski definition) is 6. The number of morpholine rings is 1. The van der Waals surface area contributed by atoms with Gasteiger partial charge < -0.3 is 14.4 Å². The standard InChI is InChI=1S/C22H20FN3O5/c23-18-12-30-8-7-25(18)14-4-2-5-15(10-14)26-11-16(31-22(26)29)9-13-3-1-6-17-19(13)21(28)24-20(17)27/h1-6,10,16,18H,7-9,11-12H2,(H,24,27,28)/t16-,18?/m1/s1. The average molecular weight is 425 g/mol. The third-order valence-electron chi connectivity index (χ3n) is 5.71.